The molecule has 36 heavy (non-hydrogen) atoms. The van der Waals surface area contributed by atoms with E-state index in [2.05, 4.69) is 65.6 Å². The molecule has 0 aliphatic heterocycles. The maximum atomic E-state index is 6.02. The average Bonchev–Trinajstić information content (AvgIpc) is 2.90. The van der Waals surface area contributed by atoms with Gasteiger partial charge in [-0.3, -0.25) is 0 Å². The van der Waals surface area contributed by atoms with Crippen molar-refractivity contribution in [2.45, 2.75) is 0 Å². The van der Waals surface area contributed by atoms with Crippen LogP contribution < -0.4 is 22.1 Å². The van der Waals surface area contributed by atoms with Crippen LogP contribution in [0, 0.1) is 0 Å². The highest BCUT2D eigenvalue weighted by molar-refractivity contribution is 6.13. The van der Waals surface area contributed by atoms with Crippen LogP contribution >= 0.6 is 0 Å². The average molecular weight is 467 g/mol. The van der Waals surface area contributed by atoms with Gasteiger partial charge in [-0.1, -0.05) is 42.5 Å². The summed E-state index contributed by atoms with van der Waals surface area (Å²) in [4.78, 5) is 2.22. The third-order valence-electron chi connectivity index (χ3n) is 6.61. The van der Waals surface area contributed by atoms with Crippen molar-refractivity contribution in [2.75, 3.05) is 22.1 Å². The molecule has 174 valence electrons. The first-order valence-electron chi connectivity index (χ1n) is 11.9. The first-order valence-corrected chi connectivity index (χ1v) is 11.9. The fourth-order valence-corrected chi connectivity index (χ4v) is 4.84. The molecule has 6 rings (SSSR count). The number of hydrogen-bond acceptors (Lipinski definition) is 4. The number of fused-ring (bicyclic) bond motifs is 2. The molecule has 4 nitrogen and oxygen atoms in total. The standard InChI is InChI=1S/C32H26N4/c33-24-8-5-21(6-9-24)32-30-4-2-1-3-22(30)19-23-7-14-29(20-31(23)32)36(27-15-10-25(34)11-16-27)28-17-12-26(35)13-18-28/h1-20H,33-35H2. The third kappa shape index (κ3) is 3.85. The minimum atomic E-state index is 0.728. The van der Waals surface area contributed by atoms with Crippen molar-refractivity contribution in [3.63, 3.8) is 0 Å². The van der Waals surface area contributed by atoms with Gasteiger partial charge in [-0.15, -0.1) is 0 Å². The molecule has 0 atom stereocenters. The summed E-state index contributed by atoms with van der Waals surface area (Å²) in [6.45, 7) is 0. The predicted molar refractivity (Wildman–Crippen MR) is 155 cm³/mol. The molecular weight excluding hydrogens is 440 g/mol. The van der Waals surface area contributed by atoms with Gasteiger partial charge in [0, 0.05) is 34.1 Å². The molecule has 0 heterocycles. The molecule has 4 heteroatoms. The van der Waals surface area contributed by atoms with E-state index in [1.807, 2.05) is 60.7 Å². The van der Waals surface area contributed by atoms with E-state index in [1.54, 1.807) is 0 Å². The molecule has 0 bridgehead atoms. The van der Waals surface area contributed by atoms with E-state index >= 15 is 0 Å². The van der Waals surface area contributed by atoms with Crippen molar-refractivity contribution in [3.8, 4) is 11.1 Å². The van der Waals surface area contributed by atoms with Crippen LogP contribution in [0.4, 0.5) is 34.1 Å². The second-order valence-corrected chi connectivity index (χ2v) is 9.02. The highest BCUT2D eigenvalue weighted by Gasteiger charge is 2.16. The zero-order chi connectivity index (χ0) is 24.6. The van der Waals surface area contributed by atoms with E-state index in [9.17, 15) is 0 Å². The Bertz CT molecular complexity index is 1640. The minimum Gasteiger partial charge on any atom is -0.399 e. The van der Waals surface area contributed by atoms with Crippen molar-refractivity contribution >= 4 is 55.7 Å². The van der Waals surface area contributed by atoms with Crippen LogP contribution in [-0.2, 0) is 0 Å². The van der Waals surface area contributed by atoms with Crippen LogP contribution in [0.15, 0.2) is 121 Å². The Labute approximate surface area is 210 Å². The van der Waals surface area contributed by atoms with Crippen molar-refractivity contribution in [3.05, 3.63) is 121 Å². The van der Waals surface area contributed by atoms with Gasteiger partial charge in [0.05, 0.1) is 0 Å². The lowest BCUT2D eigenvalue weighted by atomic mass is 9.91. The van der Waals surface area contributed by atoms with Crippen LogP contribution in [0.25, 0.3) is 32.7 Å². The second kappa shape index (κ2) is 8.67. The molecule has 0 saturated heterocycles. The Morgan fingerprint density at radius 3 is 1.53 bits per heavy atom. The van der Waals surface area contributed by atoms with E-state index in [0.29, 0.717) is 0 Å². The Hall–Kier alpha value is -4.96. The summed E-state index contributed by atoms with van der Waals surface area (Å²) in [7, 11) is 0. The molecule has 0 radical (unpaired) electrons. The van der Waals surface area contributed by atoms with E-state index in [1.165, 1.54) is 27.1 Å². The van der Waals surface area contributed by atoms with Crippen LogP contribution in [-0.4, -0.2) is 0 Å². The zero-order valence-electron chi connectivity index (χ0n) is 19.7. The molecule has 0 aromatic heterocycles. The molecular formula is C32H26N4. The topological polar surface area (TPSA) is 81.3 Å². The van der Waals surface area contributed by atoms with Gasteiger partial charge in [0.15, 0.2) is 0 Å². The normalized spacial score (nSPS) is 11.1. The van der Waals surface area contributed by atoms with Crippen molar-refractivity contribution in [1.29, 1.82) is 0 Å². The molecule has 0 fully saturated rings. The number of benzene rings is 6. The number of anilines is 6. The van der Waals surface area contributed by atoms with E-state index in [-0.39, 0.29) is 0 Å². The van der Waals surface area contributed by atoms with Gasteiger partial charge in [0.25, 0.3) is 0 Å². The Balaban J connectivity index is 1.63. The Morgan fingerprint density at radius 2 is 0.917 bits per heavy atom. The van der Waals surface area contributed by atoms with Crippen LogP contribution in [0.5, 0.6) is 0 Å². The van der Waals surface area contributed by atoms with Crippen LogP contribution in [0.3, 0.4) is 0 Å². The lowest BCUT2D eigenvalue weighted by Gasteiger charge is -2.26. The fourth-order valence-electron chi connectivity index (χ4n) is 4.84. The minimum absolute atomic E-state index is 0.728. The van der Waals surface area contributed by atoms with Gasteiger partial charge < -0.3 is 22.1 Å². The molecule has 6 aromatic carbocycles. The number of nitrogen functional groups attached to an aromatic ring is 3. The van der Waals surface area contributed by atoms with Gasteiger partial charge in [0.2, 0.25) is 0 Å². The van der Waals surface area contributed by atoms with Crippen molar-refractivity contribution < 1.29 is 0 Å². The first kappa shape index (κ1) is 21.6. The predicted octanol–water partition coefficient (Wildman–Crippen LogP) is 7.88. The second-order valence-electron chi connectivity index (χ2n) is 9.02. The highest BCUT2D eigenvalue weighted by atomic mass is 15.1. The zero-order valence-corrected chi connectivity index (χ0v) is 19.7. The monoisotopic (exact) mass is 466 g/mol. The highest BCUT2D eigenvalue weighted by Crippen LogP contribution is 2.41. The fraction of sp³-hybridized carbons (Fsp3) is 0. The maximum absolute atomic E-state index is 6.02. The maximum Gasteiger partial charge on any atom is 0.0468 e. The van der Waals surface area contributed by atoms with Gasteiger partial charge in [0.1, 0.15) is 0 Å². The van der Waals surface area contributed by atoms with Gasteiger partial charge in [-0.2, -0.15) is 0 Å². The van der Waals surface area contributed by atoms with Crippen LogP contribution in [0.2, 0.25) is 0 Å². The largest absolute Gasteiger partial charge is 0.399 e. The molecule has 0 unspecified atom stereocenters. The summed E-state index contributed by atoms with van der Waals surface area (Å²) in [5, 5.41) is 4.77. The van der Waals surface area contributed by atoms with Crippen LogP contribution in [0.1, 0.15) is 0 Å². The number of rotatable bonds is 4. The summed E-state index contributed by atoms with van der Waals surface area (Å²) in [6.07, 6.45) is 0. The van der Waals surface area contributed by atoms with Crippen molar-refractivity contribution in [2.24, 2.45) is 0 Å². The number of nitrogens with zero attached hydrogens (tertiary/aromatic N) is 1. The summed E-state index contributed by atoms with van der Waals surface area (Å²) in [5.74, 6) is 0. The lowest BCUT2D eigenvalue weighted by Crippen LogP contribution is -2.10. The summed E-state index contributed by atoms with van der Waals surface area (Å²) < 4.78 is 0. The van der Waals surface area contributed by atoms with Gasteiger partial charge in [-0.05, 0) is 112 Å². The SMILES string of the molecule is Nc1ccc(-c2c3ccccc3cc3ccc(N(c4ccc(N)cc4)c4ccc(N)cc4)cc23)cc1. The van der Waals surface area contributed by atoms with Crippen molar-refractivity contribution in [1.82, 2.24) is 0 Å². The molecule has 0 saturated carbocycles. The smallest absolute Gasteiger partial charge is 0.0468 e. The Kier molecular flexibility index (Phi) is 5.20. The Morgan fingerprint density at radius 1 is 0.417 bits per heavy atom. The molecule has 6 aromatic rings. The molecule has 0 amide bonds. The van der Waals surface area contributed by atoms with Gasteiger partial charge >= 0.3 is 0 Å². The molecule has 6 N–H and O–H groups in total. The summed E-state index contributed by atoms with van der Waals surface area (Å²) in [5.41, 5.74) is 25.6. The van der Waals surface area contributed by atoms with E-state index in [4.69, 9.17) is 17.2 Å². The summed E-state index contributed by atoms with van der Waals surface area (Å²) >= 11 is 0. The third-order valence-corrected chi connectivity index (χ3v) is 6.61. The van der Waals surface area contributed by atoms with Gasteiger partial charge in [-0.25, -0.2) is 0 Å². The number of nitrogens with two attached hydrogens (primary N) is 3. The quantitative estimate of drug-likeness (QED) is 0.182. The molecule has 0 spiro atoms. The first-order chi connectivity index (χ1) is 17.6. The van der Waals surface area contributed by atoms with E-state index < -0.39 is 0 Å². The molecule has 0 aliphatic rings. The lowest BCUT2D eigenvalue weighted by molar-refractivity contribution is 1.29. The summed E-state index contributed by atoms with van der Waals surface area (Å²) in [6, 6.07) is 41.4. The molecule has 0 aliphatic carbocycles. The van der Waals surface area contributed by atoms with E-state index in [0.717, 1.165) is 39.7 Å². The number of hydrogen-bond donors (Lipinski definition) is 3.